The summed E-state index contributed by atoms with van der Waals surface area (Å²) in [4.78, 5) is 13.1. The van der Waals surface area contributed by atoms with Crippen molar-refractivity contribution in [1.82, 2.24) is 15.5 Å². The molecule has 0 spiro atoms. The Labute approximate surface area is 163 Å². The summed E-state index contributed by atoms with van der Waals surface area (Å²) < 4.78 is 13.6. The topological polar surface area (TPSA) is 66.9 Å². The molecule has 0 aliphatic rings. The Morgan fingerprint density at radius 2 is 2.04 bits per heavy atom. The smallest absolute Gasteiger partial charge is 0.230 e. The Kier molecular flexibility index (Phi) is 6.98. The van der Waals surface area contributed by atoms with E-state index in [0.717, 1.165) is 16.3 Å². The van der Waals surface area contributed by atoms with Crippen LogP contribution in [0.4, 0.5) is 9.52 Å². The van der Waals surface area contributed by atoms with E-state index < -0.39 is 0 Å². The summed E-state index contributed by atoms with van der Waals surface area (Å²) in [5.74, 6) is 0.0522. The molecule has 0 radical (unpaired) electrons. The van der Waals surface area contributed by atoms with Gasteiger partial charge in [0.15, 0.2) is 4.34 Å². The minimum absolute atomic E-state index is 0.0115. The number of thioether (sulfide) groups is 1. The predicted octanol–water partition coefficient (Wildman–Crippen LogP) is 3.80. The molecule has 1 aromatic carbocycles. The van der Waals surface area contributed by atoms with E-state index in [1.807, 2.05) is 11.4 Å². The van der Waals surface area contributed by atoms with E-state index in [-0.39, 0.29) is 11.7 Å². The molecule has 0 aliphatic heterocycles. The molecule has 2 heterocycles. The average Bonchev–Trinajstić information content (AvgIpc) is 3.31. The van der Waals surface area contributed by atoms with Crippen molar-refractivity contribution >= 4 is 45.5 Å². The highest BCUT2D eigenvalue weighted by Gasteiger charge is 2.08. The Hall–Kier alpha value is -1.97. The summed E-state index contributed by atoms with van der Waals surface area (Å²) in [5, 5.41) is 16.9. The second-order valence-electron chi connectivity index (χ2n) is 5.32. The minimum atomic E-state index is -0.253. The first kappa shape index (κ1) is 18.8. The first-order chi connectivity index (χ1) is 12.7. The van der Waals surface area contributed by atoms with Crippen LogP contribution in [-0.4, -0.2) is 28.4 Å². The fourth-order valence-electron chi connectivity index (χ4n) is 2.08. The Morgan fingerprint density at radius 1 is 1.19 bits per heavy atom. The van der Waals surface area contributed by atoms with E-state index >= 15 is 0 Å². The van der Waals surface area contributed by atoms with Gasteiger partial charge in [0.05, 0.1) is 5.75 Å². The molecule has 2 aromatic heterocycles. The highest BCUT2D eigenvalue weighted by atomic mass is 32.2. The largest absolute Gasteiger partial charge is 0.356 e. The molecule has 0 bridgehead atoms. The molecule has 0 saturated carbocycles. The van der Waals surface area contributed by atoms with Crippen molar-refractivity contribution in [2.45, 2.75) is 17.3 Å². The van der Waals surface area contributed by atoms with E-state index in [9.17, 15) is 9.18 Å². The molecule has 9 heteroatoms. The number of amides is 1. The minimum Gasteiger partial charge on any atom is -0.356 e. The maximum absolute atomic E-state index is 12.9. The summed E-state index contributed by atoms with van der Waals surface area (Å²) in [6, 6.07) is 10.4. The van der Waals surface area contributed by atoms with Crippen molar-refractivity contribution in [2.24, 2.45) is 0 Å². The van der Waals surface area contributed by atoms with Gasteiger partial charge < -0.3 is 10.6 Å². The molecule has 0 fully saturated rings. The second-order valence-corrected chi connectivity index (χ2v) is 8.55. The van der Waals surface area contributed by atoms with Gasteiger partial charge in [0.25, 0.3) is 0 Å². The number of nitrogens with zero attached hydrogens (tertiary/aromatic N) is 2. The molecule has 0 saturated heterocycles. The second kappa shape index (κ2) is 9.65. The normalized spacial score (nSPS) is 10.7. The van der Waals surface area contributed by atoms with Crippen LogP contribution in [0.3, 0.4) is 0 Å². The van der Waals surface area contributed by atoms with Crippen LogP contribution in [-0.2, 0) is 17.8 Å². The van der Waals surface area contributed by atoms with Crippen molar-refractivity contribution in [3.63, 3.8) is 0 Å². The van der Waals surface area contributed by atoms with E-state index in [4.69, 9.17) is 0 Å². The number of carbonyl (C=O) groups excluding carboxylic acids is 1. The number of thiophene rings is 1. The molecule has 3 aromatic rings. The van der Waals surface area contributed by atoms with E-state index in [0.29, 0.717) is 24.0 Å². The summed E-state index contributed by atoms with van der Waals surface area (Å²) in [5.41, 5.74) is 0.959. The van der Waals surface area contributed by atoms with Gasteiger partial charge in [0.2, 0.25) is 11.0 Å². The summed E-state index contributed by atoms with van der Waals surface area (Å²) in [7, 11) is 0. The maximum atomic E-state index is 12.9. The van der Waals surface area contributed by atoms with Gasteiger partial charge in [0, 0.05) is 18.0 Å². The quantitative estimate of drug-likeness (QED) is 0.527. The first-order valence-corrected chi connectivity index (χ1v) is 10.6. The molecule has 5 nitrogen and oxygen atoms in total. The number of hydrogen-bond acceptors (Lipinski definition) is 7. The molecule has 2 N–H and O–H groups in total. The van der Waals surface area contributed by atoms with Crippen LogP contribution in [0.2, 0.25) is 0 Å². The number of rotatable bonds is 9. The molecule has 0 atom stereocenters. The third-order valence-electron chi connectivity index (χ3n) is 3.36. The van der Waals surface area contributed by atoms with Gasteiger partial charge in [-0.15, -0.1) is 21.5 Å². The van der Waals surface area contributed by atoms with Crippen LogP contribution in [0.1, 0.15) is 10.4 Å². The molecular weight excluding hydrogens is 391 g/mol. The fraction of sp³-hybridized carbons (Fsp3) is 0.235. The number of hydrogen-bond donors (Lipinski definition) is 2. The Morgan fingerprint density at radius 3 is 2.81 bits per heavy atom. The highest BCUT2D eigenvalue weighted by Crippen LogP contribution is 2.25. The molecule has 0 aliphatic carbocycles. The van der Waals surface area contributed by atoms with Gasteiger partial charge in [-0.25, -0.2) is 4.39 Å². The monoisotopic (exact) mass is 408 g/mol. The van der Waals surface area contributed by atoms with Crippen LogP contribution in [0.5, 0.6) is 0 Å². The van der Waals surface area contributed by atoms with Gasteiger partial charge >= 0.3 is 0 Å². The van der Waals surface area contributed by atoms with Crippen LogP contribution >= 0.6 is 34.4 Å². The number of nitrogens with one attached hydrogen (secondary N) is 2. The molecule has 3 rings (SSSR count). The highest BCUT2D eigenvalue weighted by molar-refractivity contribution is 8.01. The maximum Gasteiger partial charge on any atom is 0.230 e. The third-order valence-corrected chi connectivity index (χ3v) is 6.31. The molecule has 0 unspecified atom stereocenters. The van der Waals surface area contributed by atoms with Crippen LogP contribution < -0.4 is 10.6 Å². The number of benzene rings is 1. The number of aromatic nitrogens is 2. The lowest BCUT2D eigenvalue weighted by Crippen LogP contribution is -2.27. The van der Waals surface area contributed by atoms with E-state index in [1.54, 1.807) is 23.5 Å². The lowest BCUT2D eigenvalue weighted by atomic mass is 10.2. The van der Waals surface area contributed by atoms with Gasteiger partial charge in [-0.2, -0.15) is 0 Å². The lowest BCUT2D eigenvalue weighted by Gasteiger charge is -2.02. The Balaban J connectivity index is 1.36. The molecule has 136 valence electrons. The first-order valence-electron chi connectivity index (χ1n) is 7.93. The summed E-state index contributed by atoms with van der Waals surface area (Å²) >= 11 is 4.46. The van der Waals surface area contributed by atoms with Crippen molar-refractivity contribution in [3.05, 3.63) is 58.0 Å². The molecular formula is C17H17FN4OS3. The molecule has 1 amide bonds. The number of carbonyl (C=O) groups is 1. The van der Waals surface area contributed by atoms with Crippen molar-refractivity contribution in [2.75, 3.05) is 17.6 Å². The zero-order valence-electron chi connectivity index (χ0n) is 13.8. The van der Waals surface area contributed by atoms with Crippen LogP contribution in [0.15, 0.2) is 46.1 Å². The fourth-order valence-corrected chi connectivity index (χ4v) is 4.36. The van der Waals surface area contributed by atoms with Gasteiger partial charge in [-0.1, -0.05) is 41.3 Å². The van der Waals surface area contributed by atoms with Crippen molar-refractivity contribution in [3.8, 4) is 0 Å². The zero-order valence-corrected chi connectivity index (χ0v) is 16.2. The van der Waals surface area contributed by atoms with E-state index in [1.165, 1.54) is 40.1 Å². The standard InChI is InChI=1S/C17H17FN4OS3/c18-13-5-3-12(4-6-13)10-20-16-21-22-17(26-16)25-11-15(23)19-8-7-14-2-1-9-24-14/h1-6,9H,7-8,10-11H2,(H,19,23)(H,20,21). The van der Waals surface area contributed by atoms with Crippen molar-refractivity contribution < 1.29 is 9.18 Å². The number of anilines is 1. The Bertz CT molecular complexity index is 821. The van der Waals surface area contributed by atoms with Gasteiger partial charge in [-0.05, 0) is 35.6 Å². The number of halogens is 1. The lowest BCUT2D eigenvalue weighted by molar-refractivity contribution is -0.118. The van der Waals surface area contributed by atoms with Crippen molar-refractivity contribution in [1.29, 1.82) is 0 Å². The van der Waals surface area contributed by atoms with Gasteiger partial charge in [-0.3, -0.25) is 4.79 Å². The van der Waals surface area contributed by atoms with Gasteiger partial charge in [0.1, 0.15) is 5.82 Å². The average molecular weight is 409 g/mol. The predicted molar refractivity (Wildman–Crippen MR) is 105 cm³/mol. The summed E-state index contributed by atoms with van der Waals surface area (Å²) in [6.45, 7) is 1.18. The SMILES string of the molecule is O=C(CSc1nnc(NCc2ccc(F)cc2)s1)NCCc1cccs1. The summed E-state index contributed by atoms with van der Waals surface area (Å²) in [6.07, 6.45) is 0.852. The third kappa shape index (κ3) is 6.08. The van der Waals surface area contributed by atoms with Crippen LogP contribution in [0.25, 0.3) is 0 Å². The van der Waals surface area contributed by atoms with E-state index in [2.05, 4.69) is 26.9 Å². The zero-order chi connectivity index (χ0) is 18.2. The molecule has 26 heavy (non-hydrogen) atoms. The van der Waals surface area contributed by atoms with Crippen LogP contribution in [0, 0.1) is 5.82 Å².